The molecule has 3 aromatic rings. The van der Waals surface area contributed by atoms with Crippen LogP contribution >= 0.6 is 0 Å². The number of rotatable bonds is 4. The highest BCUT2D eigenvalue weighted by atomic mass is 19.1. The van der Waals surface area contributed by atoms with Crippen LogP contribution in [0.2, 0.25) is 0 Å². The number of carbonyl (C=O) groups excluding carboxylic acids is 1. The van der Waals surface area contributed by atoms with Gasteiger partial charge >= 0.3 is 0 Å². The second-order valence-corrected chi connectivity index (χ2v) is 6.33. The van der Waals surface area contributed by atoms with Crippen molar-refractivity contribution in [2.75, 3.05) is 0 Å². The first-order valence-corrected chi connectivity index (χ1v) is 8.56. The molecule has 1 N–H and O–H groups in total. The normalized spacial score (nSPS) is 14.7. The summed E-state index contributed by atoms with van der Waals surface area (Å²) in [6, 6.07) is 5.36. The van der Waals surface area contributed by atoms with Crippen LogP contribution in [0, 0.1) is 5.82 Å². The molecule has 0 spiro atoms. The molecule has 134 valence electrons. The average molecular weight is 355 g/mol. The molecule has 26 heavy (non-hydrogen) atoms. The van der Waals surface area contributed by atoms with E-state index in [0.717, 1.165) is 31.6 Å². The van der Waals surface area contributed by atoms with E-state index in [1.807, 2.05) is 4.57 Å². The molecule has 0 aliphatic carbocycles. The zero-order valence-electron chi connectivity index (χ0n) is 14.3. The van der Waals surface area contributed by atoms with Gasteiger partial charge in [-0.15, -0.1) is 0 Å². The van der Waals surface area contributed by atoms with Crippen LogP contribution in [0.25, 0.3) is 11.4 Å². The summed E-state index contributed by atoms with van der Waals surface area (Å²) in [6.45, 7) is 2.58. The standard InChI is InChI=1S/C18H18FN5O2/c1-11(18-22-16(23-26-18)12-5-7-13(19)8-6-12)21-17(25)14-10-20-15-4-2-3-9-24(14)15/h5-8,10-11H,2-4,9H2,1H3,(H,21,25). The number of imidazole rings is 1. The van der Waals surface area contributed by atoms with Crippen molar-refractivity contribution in [3.63, 3.8) is 0 Å². The number of aryl methyl sites for hydroxylation is 1. The van der Waals surface area contributed by atoms with Crippen LogP contribution in [-0.2, 0) is 13.0 Å². The van der Waals surface area contributed by atoms with E-state index in [1.54, 1.807) is 25.3 Å². The lowest BCUT2D eigenvalue weighted by Gasteiger charge is -2.16. The molecule has 8 heteroatoms. The number of hydrogen-bond acceptors (Lipinski definition) is 5. The Kier molecular flexibility index (Phi) is 4.24. The predicted octanol–water partition coefficient (Wildman–Crippen LogP) is 2.90. The number of aromatic nitrogens is 4. The van der Waals surface area contributed by atoms with Gasteiger partial charge in [-0.2, -0.15) is 4.98 Å². The van der Waals surface area contributed by atoms with Crippen LogP contribution in [0.15, 0.2) is 35.0 Å². The molecule has 3 heterocycles. The molecule has 1 aliphatic rings. The summed E-state index contributed by atoms with van der Waals surface area (Å²) >= 11 is 0. The summed E-state index contributed by atoms with van der Waals surface area (Å²) in [5.41, 5.74) is 1.19. The number of nitrogens with one attached hydrogen (secondary N) is 1. The third kappa shape index (κ3) is 3.10. The van der Waals surface area contributed by atoms with E-state index in [-0.39, 0.29) is 17.6 Å². The molecular weight excluding hydrogens is 337 g/mol. The third-order valence-electron chi connectivity index (χ3n) is 4.47. The van der Waals surface area contributed by atoms with E-state index in [0.29, 0.717) is 17.1 Å². The van der Waals surface area contributed by atoms with Crippen LogP contribution in [0.1, 0.15) is 48.0 Å². The lowest BCUT2D eigenvalue weighted by molar-refractivity contribution is 0.0922. The Morgan fingerprint density at radius 3 is 2.92 bits per heavy atom. The Bertz CT molecular complexity index is 931. The quantitative estimate of drug-likeness (QED) is 0.778. The molecule has 0 bridgehead atoms. The van der Waals surface area contributed by atoms with Crippen molar-refractivity contribution in [2.45, 2.75) is 38.8 Å². The first-order chi connectivity index (χ1) is 12.6. The zero-order valence-corrected chi connectivity index (χ0v) is 14.3. The molecule has 1 aliphatic heterocycles. The number of nitrogens with zero attached hydrogens (tertiary/aromatic N) is 4. The molecule has 2 aromatic heterocycles. The molecular formula is C18H18FN5O2. The highest BCUT2D eigenvalue weighted by Crippen LogP contribution is 2.20. The number of carbonyl (C=O) groups is 1. The molecule has 4 rings (SSSR count). The van der Waals surface area contributed by atoms with E-state index in [9.17, 15) is 9.18 Å². The molecule has 7 nitrogen and oxygen atoms in total. The van der Waals surface area contributed by atoms with Gasteiger partial charge < -0.3 is 14.4 Å². The fraction of sp³-hybridized carbons (Fsp3) is 0.333. The Morgan fingerprint density at radius 1 is 1.31 bits per heavy atom. The lowest BCUT2D eigenvalue weighted by atomic mass is 10.1. The number of benzene rings is 1. The van der Waals surface area contributed by atoms with Crippen molar-refractivity contribution < 1.29 is 13.7 Å². The summed E-state index contributed by atoms with van der Waals surface area (Å²) in [7, 11) is 0. The number of hydrogen-bond donors (Lipinski definition) is 1. The van der Waals surface area contributed by atoms with Crippen molar-refractivity contribution >= 4 is 5.91 Å². The Balaban J connectivity index is 1.48. The predicted molar refractivity (Wildman–Crippen MR) is 90.7 cm³/mol. The monoisotopic (exact) mass is 355 g/mol. The number of amides is 1. The molecule has 1 amide bonds. The Morgan fingerprint density at radius 2 is 2.12 bits per heavy atom. The fourth-order valence-electron chi connectivity index (χ4n) is 3.06. The van der Waals surface area contributed by atoms with Crippen molar-refractivity contribution in [1.29, 1.82) is 0 Å². The van der Waals surface area contributed by atoms with E-state index in [2.05, 4.69) is 20.4 Å². The van der Waals surface area contributed by atoms with Gasteiger partial charge in [0.15, 0.2) is 0 Å². The van der Waals surface area contributed by atoms with Crippen LogP contribution in [0.5, 0.6) is 0 Å². The summed E-state index contributed by atoms with van der Waals surface area (Å²) in [6.07, 6.45) is 4.65. The van der Waals surface area contributed by atoms with Crippen LogP contribution in [-0.4, -0.2) is 25.6 Å². The smallest absolute Gasteiger partial charge is 0.270 e. The maximum Gasteiger partial charge on any atom is 0.270 e. The molecule has 0 saturated carbocycles. The van der Waals surface area contributed by atoms with E-state index < -0.39 is 6.04 Å². The third-order valence-corrected chi connectivity index (χ3v) is 4.47. The topological polar surface area (TPSA) is 85.8 Å². The SMILES string of the molecule is CC(NC(=O)c1cnc2n1CCCC2)c1nc(-c2ccc(F)cc2)no1. The molecule has 1 unspecified atom stereocenters. The van der Waals surface area contributed by atoms with Crippen molar-refractivity contribution in [3.8, 4) is 11.4 Å². The highest BCUT2D eigenvalue weighted by Gasteiger charge is 2.22. The lowest BCUT2D eigenvalue weighted by Crippen LogP contribution is -2.29. The summed E-state index contributed by atoms with van der Waals surface area (Å²) < 4.78 is 20.2. The number of fused-ring (bicyclic) bond motifs is 1. The highest BCUT2D eigenvalue weighted by molar-refractivity contribution is 5.92. The molecule has 1 atom stereocenters. The Hall–Kier alpha value is -3.03. The summed E-state index contributed by atoms with van der Waals surface area (Å²) in [5, 5.41) is 6.77. The first kappa shape index (κ1) is 16.4. The van der Waals surface area contributed by atoms with Gasteiger partial charge in [-0.25, -0.2) is 9.37 Å². The maximum absolute atomic E-state index is 13.0. The first-order valence-electron chi connectivity index (χ1n) is 8.56. The molecule has 0 fully saturated rings. The largest absolute Gasteiger partial charge is 0.339 e. The van der Waals surface area contributed by atoms with Gasteiger partial charge in [0.25, 0.3) is 5.91 Å². The van der Waals surface area contributed by atoms with Gasteiger partial charge in [-0.1, -0.05) is 5.16 Å². The summed E-state index contributed by atoms with van der Waals surface area (Å²) in [4.78, 5) is 21.2. The van der Waals surface area contributed by atoms with E-state index >= 15 is 0 Å². The van der Waals surface area contributed by atoms with E-state index in [1.165, 1.54) is 12.1 Å². The number of halogens is 1. The maximum atomic E-state index is 13.0. The van der Waals surface area contributed by atoms with Crippen molar-refractivity contribution in [1.82, 2.24) is 25.0 Å². The minimum absolute atomic E-state index is 0.223. The fourth-order valence-corrected chi connectivity index (χ4v) is 3.06. The molecule has 0 saturated heterocycles. The minimum atomic E-state index is -0.459. The van der Waals surface area contributed by atoms with Crippen LogP contribution < -0.4 is 5.32 Å². The average Bonchev–Trinajstić information content (AvgIpc) is 3.30. The van der Waals surface area contributed by atoms with Gasteiger partial charge in [0.2, 0.25) is 11.7 Å². The second-order valence-electron chi connectivity index (χ2n) is 6.33. The zero-order chi connectivity index (χ0) is 18.1. The van der Waals surface area contributed by atoms with Crippen LogP contribution in [0.3, 0.4) is 0 Å². The van der Waals surface area contributed by atoms with Gasteiger partial charge in [-0.05, 0) is 44.0 Å². The van der Waals surface area contributed by atoms with Gasteiger partial charge in [-0.3, -0.25) is 4.79 Å². The summed E-state index contributed by atoms with van der Waals surface area (Å²) in [5.74, 6) is 1.03. The van der Waals surface area contributed by atoms with Crippen molar-refractivity contribution in [2.24, 2.45) is 0 Å². The van der Waals surface area contributed by atoms with Gasteiger partial charge in [0.1, 0.15) is 23.4 Å². The minimum Gasteiger partial charge on any atom is -0.339 e. The van der Waals surface area contributed by atoms with Gasteiger partial charge in [0.05, 0.1) is 6.20 Å². The second kappa shape index (κ2) is 6.70. The van der Waals surface area contributed by atoms with Gasteiger partial charge in [0, 0.05) is 18.5 Å². The Labute approximate surface area is 149 Å². The molecule has 0 radical (unpaired) electrons. The van der Waals surface area contributed by atoms with Crippen molar-refractivity contribution in [3.05, 3.63) is 53.7 Å². The molecule has 1 aromatic carbocycles. The van der Waals surface area contributed by atoms with E-state index in [4.69, 9.17) is 4.52 Å². The van der Waals surface area contributed by atoms with Crippen LogP contribution in [0.4, 0.5) is 4.39 Å².